The van der Waals surface area contributed by atoms with Gasteiger partial charge in [0.05, 0.1) is 6.42 Å². The summed E-state index contributed by atoms with van der Waals surface area (Å²) in [7, 11) is 0. The van der Waals surface area contributed by atoms with Crippen molar-refractivity contribution in [2.45, 2.75) is 65.2 Å². The van der Waals surface area contributed by atoms with Crippen molar-refractivity contribution in [2.24, 2.45) is 5.92 Å². The topological polar surface area (TPSA) is 57.6 Å². The molecular weight excluding hydrogens is 266 g/mol. The maximum absolute atomic E-state index is 12.5. The Bertz CT molecular complexity index is 372. The van der Waals surface area contributed by atoms with E-state index in [0.717, 1.165) is 32.1 Å². The highest BCUT2D eigenvalue weighted by molar-refractivity contribution is 5.79. The van der Waals surface area contributed by atoms with Gasteiger partial charge in [-0.1, -0.05) is 25.5 Å². The largest absolute Gasteiger partial charge is 0.481 e. The number of carboxylic acid groups (broad SMARTS) is 1. The van der Waals surface area contributed by atoms with Crippen LogP contribution in [-0.2, 0) is 9.59 Å². The second kappa shape index (κ2) is 9.59. The van der Waals surface area contributed by atoms with E-state index in [4.69, 9.17) is 5.11 Å². The van der Waals surface area contributed by atoms with E-state index in [1.165, 1.54) is 18.4 Å². The van der Waals surface area contributed by atoms with Crippen LogP contribution in [-0.4, -0.2) is 35.0 Å². The minimum absolute atomic E-state index is 0.0270. The maximum Gasteiger partial charge on any atom is 0.305 e. The van der Waals surface area contributed by atoms with Crippen LogP contribution in [0.25, 0.3) is 0 Å². The molecular formula is C17H29NO3. The summed E-state index contributed by atoms with van der Waals surface area (Å²) >= 11 is 0. The molecule has 0 unspecified atom stereocenters. The van der Waals surface area contributed by atoms with Gasteiger partial charge in [0.25, 0.3) is 0 Å². The highest BCUT2D eigenvalue weighted by Crippen LogP contribution is 2.21. The molecule has 0 bridgehead atoms. The predicted octanol–water partition coefficient (Wildman–Crippen LogP) is 3.62. The monoisotopic (exact) mass is 295 g/mol. The van der Waals surface area contributed by atoms with Gasteiger partial charge in [0.2, 0.25) is 5.91 Å². The standard InChI is InChI=1S/C17H29NO3/c1-3-15(4-2)17(21)18(13-11-16(19)20)12-10-14-8-6-5-7-9-14/h8,15H,3-7,9-13H2,1-2H3,(H,19,20). The molecule has 0 aromatic heterocycles. The first kappa shape index (κ1) is 17.7. The van der Waals surface area contributed by atoms with Crippen molar-refractivity contribution in [2.75, 3.05) is 13.1 Å². The van der Waals surface area contributed by atoms with Gasteiger partial charge in [0.1, 0.15) is 0 Å². The molecule has 120 valence electrons. The zero-order valence-corrected chi connectivity index (χ0v) is 13.4. The lowest BCUT2D eigenvalue weighted by atomic mass is 9.96. The van der Waals surface area contributed by atoms with E-state index in [0.29, 0.717) is 13.1 Å². The van der Waals surface area contributed by atoms with Crippen molar-refractivity contribution in [3.8, 4) is 0 Å². The minimum Gasteiger partial charge on any atom is -0.481 e. The number of carbonyl (C=O) groups is 2. The molecule has 0 fully saturated rings. The number of nitrogens with zero attached hydrogens (tertiary/aromatic N) is 1. The van der Waals surface area contributed by atoms with Crippen molar-refractivity contribution >= 4 is 11.9 Å². The van der Waals surface area contributed by atoms with E-state index in [9.17, 15) is 9.59 Å². The van der Waals surface area contributed by atoms with E-state index in [1.807, 2.05) is 13.8 Å². The molecule has 0 saturated heterocycles. The Balaban J connectivity index is 2.59. The van der Waals surface area contributed by atoms with Gasteiger partial charge in [-0.05, 0) is 44.9 Å². The molecule has 1 aliphatic carbocycles. The Hall–Kier alpha value is -1.32. The molecule has 0 aromatic carbocycles. The summed E-state index contributed by atoms with van der Waals surface area (Å²) in [5.74, 6) is -0.689. The molecule has 4 nitrogen and oxygen atoms in total. The Morgan fingerprint density at radius 2 is 1.95 bits per heavy atom. The van der Waals surface area contributed by atoms with Gasteiger partial charge in [-0.2, -0.15) is 0 Å². The summed E-state index contributed by atoms with van der Waals surface area (Å²) < 4.78 is 0. The van der Waals surface area contributed by atoms with E-state index >= 15 is 0 Å². The van der Waals surface area contributed by atoms with Gasteiger partial charge in [-0.15, -0.1) is 0 Å². The molecule has 1 amide bonds. The highest BCUT2D eigenvalue weighted by Gasteiger charge is 2.22. The second-order valence-electron chi connectivity index (χ2n) is 5.84. The fourth-order valence-electron chi connectivity index (χ4n) is 2.87. The molecule has 0 saturated carbocycles. The lowest BCUT2D eigenvalue weighted by Gasteiger charge is -2.27. The van der Waals surface area contributed by atoms with Gasteiger partial charge in [-0.25, -0.2) is 0 Å². The van der Waals surface area contributed by atoms with Crippen molar-refractivity contribution in [1.82, 2.24) is 4.90 Å². The van der Waals surface area contributed by atoms with Crippen LogP contribution in [0.3, 0.4) is 0 Å². The van der Waals surface area contributed by atoms with Gasteiger partial charge >= 0.3 is 5.97 Å². The number of aliphatic carboxylic acids is 1. The zero-order valence-electron chi connectivity index (χ0n) is 13.4. The number of hydrogen-bond donors (Lipinski definition) is 1. The van der Waals surface area contributed by atoms with Crippen LogP contribution in [0.1, 0.15) is 65.2 Å². The number of carbonyl (C=O) groups excluding carboxylic acids is 1. The normalized spacial score (nSPS) is 14.9. The Labute approximate surface area is 128 Å². The summed E-state index contributed by atoms with van der Waals surface area (Å²) in [5.41, 5.74) is 1.43. The highest BCUT2D eigenvalue weighted by atomic mass is 16.4. The van der Waals surface area contributed by atoms with Crippen molar-refractivity contribution < 1.29 is 14.7 Å². The average Bonchev–Trinajstić information content (AvgIpc) is 2.49. The molecule has 0 heterocycles. The molecule has 1 N–H and O–H groups in total. The summed E-state index contributed by atoms with van der Waals surface area (Å²) in [5, 5.41) is 8.86. The first-order valence-electron chi connectivity index (χ1n) is 8.26. The average molecular weight is 295 g/mol. The first-order valence-corrected chi connectivity index (χ1v) is 8.26. The van der Waals surface area contributed by atoms with Crippen molar-refractivity contribution in [3.05, 3.63) is 11.6 Å². The summed E-state index contributed by atoms with van der Waals surface area (Å²) in [6.07, 6.45) is 9.64. The van der Waals surface area contributed by atoms with Crippen LogP contribution < -0.4 is 0 Å². The maximum atomic E-state index is 12.5. The van der Waals surface area contributed by atoms with Crippen LogP contribution in [0.5, 0.6) is 0 Å². The Kier molecular flexibility index (Phi) is 8.09. The molecule has 0 aromatic rings. The Morgan fingerprint density at radius 3 is 2.48 bits per heavy atom. The summed E-state index contributed by atoms with van der Waals surface area (Å²) in [4.78, 5) is 25.1. The van der Waals surface area contributed by atoms with E-state index in [2.05, 4.69) is 6.08 Å². The van der Waals surface area contributed by atoms with Gasteiger partial charge in [-0.3, -0.25) is 9.59 Å². The molecule has 0 atom stereocenters. The van der Waals surface area contributed by atoms with Crippen LogP contribution in [0.2, 0.25) is 0 Å². The molecule has 0 radical (unpaired) electrons. The summed E-state index contributed by atoms with van der Waals surface area (Å²) in [6.45, 7) is 5.03. The molecule has 4 heteroatoms. The van der Waals surface area contributed by atoms with E-state index in [-0.39, 0.29) is 18.2 Å². The zero-order chi connectivity index (χ0) is 15.7. The quantitative estimate of drug-likeness (QED) is 0.661. The van der Waals surface area contributed by atoms with E-state index < -0.39 is 5.97 Å². The number of amides is 1. The van der Waals surface area contributed by atoms with Crippen LogP contribution in [0.4, 0.5) is 0 Å². The number of carboxylic acids is 1. The van der Waals surface area contributed by atoms with Crippen LogP contribution >= 0.6 is 0 Å². The molecule has 0 spiro atoms. The third-order valence-electron chi connectivity index (χ3n) is 4.33. The van der Waals surface area contributed by atoms with Crippen molar-refractivity contribution in [3.63, 3.8) is 0 Å². The SMILES string of the molecule is CCC(CC)C(=O)N(CCC(=O)O)CCC1=CCCCC1. The van der Waals surface area contributed by atoms with Crippen molar-refractivity contribution in [1.29, 1.82) is 0 Å². The lowest BCUT2D eigenvalue weighted by molar-refractivity contribution is -0.139. The van der Waals surface area contributed by atoms with Gasteiger partial charge < -0.3 is 10.0 Å². The van der Waals surface area contributed by atoms with Gasteiger partial charge in [0.15, 0.2) is 0 Å². The molecule has 1 rings (SSSR count). The third-order valence-corrected chi connectivity index (χ3v) is 4.33. The third kappa shape index (κ3) is 6.32. The minimum atomic E-state index is -0.839. The van der Waals surface area contributed by atoms with Crippen LogP contribution in [0, 0.1) is 5.92 Å². The fourth-order valence-corrected chi connectivity index (χ4v) is 2.87. The van der Waals surface area contributed by atoms with E-state index in [1.54, 1.807) is 4.90 Å². The molecule has 21 heavy (non-hydrogen) atoms. The van der Waals surface area contributed by atoms with Gasteiger partial charge in [0, 0.05) is 19.0 Å². The predicted molar refractivity (Wildman–Crippen MR) is 84.1 cm³/mol. The number of hydrogen-bond acceptors (Lipinski definition) is 2. The fraction of sp³-hybridized carbons (Fsp3) is 0.765. The summed E-state index contributed by atoms with van der Waals surface area (Å²) in [6, 6.07) is 0. The molecule has 1 aliphatic rings. The second-order valence-corrected chi connectivity index (χ2v) is 5.84. The number of rotatable bonds is 9. The molecule has 0 aliphatic heterocycles. The lowest BCUT2D eigenvalue weighted by Crippen LogP contribution is -2.38. The Morgan fingerprint density at radius 1 is 1.24 bits per heavy atom. The number of allylic oxidation sites excluding steroid dienone is 1. The smallest absolute Gasteiger partial charge is 0.305 e. The van der Waals surface area contributed by atoms with Crippen LogP contribution in [0.15, 0.2) is 11.6 Å². The first-order chi connectivity index (χ1) is 10.1.